The normalized spacial score (nSPS) is 14.6. The Hall–Kier alpha value is -2.22. The first-order valence-electron chi connectivity index (χ1n) is 14.1. The fourth-order valence-electron chi connectivity index (χ4n) is 3.94. The summed E-state index contributed by atoms with van der Waals surface area (Å²) in [6.45, 7) is 11.8. The van der Waals surface area contributed by atoms with E-state index in [1.807, 2.05) is 0 Å². The highest BCUT2D eigenvalue weighted by atomic mass is 16.6. The molecule has 0 saturated heterocycles. The van der Waals surface area contributed by atoms with Gasteiger partial charge in [-0.2, -0.15) is 0 Å². The van der Waals surface area contributed by atoms with Gasteiger partial charge in [0.2, 0.25) is 0 Å². The topological polar surface area (TPSA) is 127 Å². The zero-order valence-electron chi connectivity index (χ0n) is 24.8. The third-order valence-corrected chi connectivity index (χ3v) is 5.83. The first-order valence-corrected chi connectivity index (χ1v) is 14.1. The van der Waals surface area contributed by atoms with Crippen molar-refractivity contribution in [2.24, 2.45) is 5.92 Å². The second-order valence-electron chi connectivity index (χ2n) is 12.1. The van der Waals surface area contributed by atoms with Gasteiger partial charge < -0.3 is 19.7 Å². The van der Waals surface area contributed by atoms with Crippen LogP contribution < -0.4 is 0 Å². The molecule has 0 radical (unpaired) electrons. The summed E-state index contributed by atoms with van der Waals surface area (Å²) in [6, 6.07) is 0. The Morgan fingerprint density at radius 1 is 0.763 bits per heavy atom. The number of carbonyl (C=O) groups excluding carboxylic acids is 3. The molecule has 0 spiro atoms. The van der Waals surface area contributed by atoms with Crippen molar-refractivity contribution in [1.82, 2.24) is 0 Å². The van der Waals surface area contributed by atoms with E-state index in [0.717, 1.165) is 57.8 Å². The predicted octanol–water partition coefficient (Wildman–Crippen LogP) is 6.32. The number of esters is 2. The van der Waals surface area contributed by atoms with Gasteiger partial charge in [0.05, 0.1) is 6.42 Å². The maximum Gasteiger partial charge on any atom is 0.340 e. The summed E-state index contributed by atoms with van der Waals surface area (Å²) in [4.78, 5) is 49.2. The van der Waals surface area contributed by atoms with Crippen LogP contribution in [0.2, 0.25) is 0 Å². The minimum absolute atomic E-state index is 0.356. The smallest absolute Gasteiger partial charge is 0.340 e. The second-order valence-corrected chi connectivity index (χ2v) is 12.1. The van der Waals surface area contributed by atoms with Gasteiger partial charge in [-0.25, -0.2) is 4.79 Å². The number of unbranched alkanes of at least 4 members (excludes halogenated alkanes) is 8. The molecule has 0 unspecified atom stereocenters. The maximum absolute atomic E-state index is 12.9. The molecule has 8 nitrogen and oxygen atoms in total. The van der Waals surface area contributed by atoms with E-state index in [1.165, 1.54) is 6.08 Å². The Morgan fingerprint density at radius 3 is 1.76 bits per heavy atom. The summed E-state index contributed by atoms with van der Waals surface area (Å²) in [6.07, 6.45) is 12.9. The molecule has 0 bridgehead atoms. The van der Waals surface area contributed by atoms with Gasteiger partial charge in [0, 0.05) is 12.8 Å². The zero-order valence-corrected chi connectivity index (χ0v) is 24.8. The number of carboxylic acids is 1. The average Bonchev–Trinajstić information content (AvgIpc) is 2.74. The lowest BCUT2D eigenvalue weighted by atomic mass is 9.83. The molecule has 0 heterocycles. The third kappa shape index (κ3) is 16.6. The largest absolute Gasteiger partial charge is 0.481 e. The summed E-state index contributed by atoms with van der Waals surface area (Å²) in [5.74, 6) is -4.85. The Morgan fingerprint density at radius 2 is 1.26 bits per heavy atom. The van der Waals surface area contributed by atoms with Gasteiger partial charge in [-0.05, 0) is 67.2 Å². The van der Waals surface area contributed by atoms with Crippen LogP contribution in [0.4, 0.5) is 0 Å². The minimum atomic E-state index is -2.62. The van der Waals surface area contributed by atoms with Crippen LogP contribution in [0.1, 0.15) is 132 Å². The molecule has 0 rings (SSSR count). The lowest BCUT2D eigenvalue weighted by Crippen LogP contribution is -2.53. The number of hydrogen-bond donors (Lipinski definition) is 2. The molecule has 0 fully saturated rings. The first kappa shape index (κ1) is 35.8. The molecule has 0 amide bonds. The highest BCUT2D eigenvalue weighted by Gasteiger charge is 2.51. The number of aliphatic carboxylic acids is 1. The van der Waals surface area contributed by atoms with Gasteiger partial charge in [-0.1, -0.05) is 57.6 Å². The molecule has 220 valence electrons. The van der Waals surface area contributed by atoms with E-state index >= 15 is 0 Å². The third-order valence-electron chi connectivity index (χ3n) is 5.83. The fourth-order valence-corrected chi connectivity index (χ4v) is 3.94. The van der Waals surface area contributed by atoms with Crippen molar-refractivity contribution in [2.45, 2.75) is 149 Å². The number of ether oxygens (including phenoxy) is 2. The quantitative estimate of drug-likeness (QED) is 0.111. The second kappa shape index (κ2) is 17.4. The highest BCUT2D eigenvalue weighted by molar-refractivity contribution is 5.92. The van der Waals surface area contributed by atoms with E-state index in [1.54, 1.807) is 47.6 Å². The van der Waals surface area contributed by atoms with Crippen molar-refractivity contribution in [1.29, 1.82) is 0 Å². The molecule has 0 aromatic heterocycles. The number of allylic oxidation sites excluding steroid dienone is 1. The van der Waals surface area contributed by atoms with Gasteiger partial charge >= 0.3 is 17.9 Å². The van der Waals surface area contributed by atoms with Crippen molar-refractivity contribution < 1.29 is 38.9 Å². The Balaban J connectivity index is 4.90. The molecule has 0 aromatic carbocycles. The van der Waals surface area contributed by atoms with E-state index in [-0.39, 0.29) is 0 Å². The van der Waals surface area contributed by atoms with Crippen molar-refractivity contribution in [3.8, 4) is 0 Å². The highest BCUT2D eigenvalue weighted by Crippen LogP contribution is 2.29. The summed E-state index contributed by atoms with van der Waals surface area (Å²) in [7, 11) is 0. The average molecular weight is 541 g/mol. The van der Waals surface area contributed by atoms with E-state index in [0.29, 0.717) is 25.0 Å². The van der Waals surface area contributed by atoms with Crippen molar-refractivity contribution >= 4 is 23.7 Å². The van der Waals surface area contributed by atoms with Gasteiger partial charge in [0.1, 0.15) is 22.9 Å². The number of hydrogen-bond acceptors (Lipinski definition) is 7. The van der Waals surface area contributed by atoms with Crippen molar-refractivity contribution in [3.05, 3.63) is 12.2 Å². The predicted molar refractivity (Wildman–Crippen MR) is 148 cm³/mol. The Kier molecular flexibility index (Phi) is 16.4. The standard InChI is InChI=1S/C30H52O8/c1-8-9-16-19-23(31)20-17-14-12-10-11-13-15-18-21-24(26(33)34)30(36,27(35)38-29(5,6)7)22-25(32)37-28(2,3)4/h18,21,24,36H,8-17,19-20,22H2,1-7H3,(H,33,34)/b21-18+/t24-,30+/m1/s1. The molecular formula is C30H52O8. The van der Waals surface area contributed by atoms with Crippen molar-refractivity contribution in [2.75, 3.05) is 0 Å². The molecule has 2 atom stereocenters. The summed E-state index contributed by atoms with van der Waals surface area (Å²) in [5.41, 5.74) is -4.48. The molecule has 0 aromatic rings. The molecule has 0 aliphatic rings. The Labute approximate surface area is 229 Å². The molecule has 0 aliphatic heterocycles. The van der Waals surface area contributed by atoms with Crippen LogP contribution in [-0.2, 0) is 28.7 Å². The lowest BCUT2D eigenvalue weighted by Gasteiger charge is -2.33. The maximum atomic E-state index is 12.9. The van der Waals surface area contributed by atoms with Crippen LogP contribution in [0.15, 0.2) is 12.2 Å². The van der Waals surface area contributed by atoms with Crippen LogP contribution in [0, 0.1) is 5.92 Å². The van der Waals surface area contributed by atoms with Crippen LogP contribution in [0.3, 0.4) is 0 Å². The van der Waals surface area contributed by atoms with Crippen LogP contribution >= 0.6 is 0 Å². The molecule has 0 saturated carbocycles. The molecule has 38 heavy (non-hydrogen) atoms. The van der Waals surface area contributed by atoms with E-state index in [2.05, 4.69) is 6.92 Å². The number of carbonyl (C=O) groups is 4. The minimum Gasteiger partial charge on any atom is -0.481 e. The van der Waals surface area contributed by atoms with E-state index < -0.39 is 47.0 Å². The number of ketones is 1. The number of carboxylic acid groups (broad SMARTS) is 1. The first-order chi connectivity index (χ1) is 17.5. The van der Waals surface area contributed by atoms with E-state index in [4.69, 9.17) is 9.47 Å². The number of rotatable bonds is 19. The summed E-state index contributed by atoms with van der Waals surface area (Å²) in [5, 5.41) is 21.1. The fraction of sp³-hybridized carbons (Fsp3) is 0.800. The summed E-state index contributed by atoms with van der Waals surface area (Å²) < 4.78 is 10.5. The SMILES string of the molecule is CCCCCC(=O)CCCCCCCC/C=C/[C@H](C(=O)O)[C@@](O)(CC(=O)OC(C)(C)C)C(=O)OC(C)(C)C. The monoisotopic (exact) mass is 540 g/mol. The van der Waals surface area contributed by atoms with Gasteiger partial charge in [-0.3, -0.25) is 14.4 Å². The van der Waals surface area contributed by atoms with Crippen LogP contribution in [0.25, 0.3) is 0 Å². The van der Waals surface area contributed by atoms with Gasteiger partial charge in [0.25, 0.3) is 0 Å². The molecule has 2 N–H and O–H groups in total. The number of Topliss-reactive ketones (excluding diaryl/α,β-unsaturated/α-hetero) is 1. The summed E-state index contributed by atoms with van der Waals surface area (Å²) >= 11 is 0. The van der Waals surface area contributed by atoms with Crippen LogP contribution in [-0.4, -0.2) is 50.7 Å². The van der Waals surface area contributed by atoms with Crippen molar-refractivity contribution in [3.63, 3.8) is 0 Å². The molecule has 8 heteroatoms. The zero-order chi connectivity index (χ0) is 29.4. The van der Waals surface area contributed by atoms with Gasteiger partial charge in [-0.15, -0.1) is 0 Å². The Bertz CT molecular complexity index is 772. The lowest BCUT2D eigenvalue weighted by molar-refractivity contribution is -0.192. The number of aliphatic hydroxyl groups is 1. The van der Waals surface area contributed by atoms with Gasteiger partial charge in [0.15, 0.2) is 5.60 Å². The molecule has 0 aliphatic carbocycles. The molecular weight excluding hydrogens is 488 g/mol. The van der Waals surface area contributed by atoms with Crippen LogP contribution in [0.5, 0.6) is 0 Å². The van der Waals surface area contributed by atoms with E-state index in [9.17, 15) is 29.4 Å².